The molecular weight excluding hydrogens is 275 g/mol. The molecule has 0 aliphatic carbocycles. The molecule has 0 fully saturated rings. The van der Waals surface area contributed by atoms with E-state index in [-0.39, 0.29) is 17.4 Å². The summed E-state index contributed by atoms with van der Waals surface area (Å²) in [4.78, 5) is 0. The SMILES string of the molecule is F[B-](F)(F)c1ccc(OCc2ccccc2)c(Cl)c1. The van der Waals surface area contributed by atoms with Crippen LogP contribution in [0.2, 0.25) is 5.02 Å². The molecule has 1 nitrogen and oxygen atoms in total. The lowest BCUT2D eigenvalue weighted by Gasteiger charge is -2.16. The van der Waals surface area contributed by atoms with Crippen LogP contribution in [0.1, 0.15) is 5.56 Å². The second kappa shape index (κ2) is 5.57. The van der Waals surface area contributed by atoms with E-state index in [1.165, 1.54) is 6.07 Å². The lowest BCUT2D eigenvalue weighted by Crippen LogP contribution is -2.33. The quantitative estimate of drug-likeness (QED) is 0.772. The van der Waals surface area contributed by atoms with Gasteiger partial charge in [-0.05, 0) is 11.6 Å². The van der Waals surface area contributed by atoms with E-state index >= 15 is 0 Å². The van der Waals surface area contributed by atoms with Gasteiger partial charge < -0.3 is 17.7 Å². The second-order valence-corrected chi connectivity index (χ2v) is 4.45. The fraction of sp³-hybridized carbons (Fsp3) is 0.0769. The van der Waals surface area contributed by atoms with Crippen LogP contribution in [0.4, 0.5) is 12.9 Å². The molecule has 0 N–H and O–H groups in total. The van der Waals surface area contributed by atoms with Gasteiger partial charge in [0.05, 0.1) is 5.02 Å². The van der Waals surface area contributed by atoms with Crippen molar-refractivity contribution in [3.63, 3.8) is 0 Å². The summed E-state index contributed by atoms with van der Waals surface area (Å²) in [5.74, 6) is 0.245. The first kappa shape index (κ1) is 13.8. The highest BCUT2D eigenvalue weighted by atomic mass is 35.5. The van der Waals surface area contributed by atoms with Gasteiger partial charge in [0.15, 0.2) is 0 Å². The van der Waals surface area contributed by atoms with Crippen LogP contribution in [0.5, 0.6) is 5.75 Å². The molecule has 0 spiro atoms. The van der Waals surface area contributed by atoms with Crippen LogP contribution in [0.3, 0.4) is 0 Å². The van der Waals surface area contributed by atoms with Crippen LogP contribution < -0.4 is 10.2 Å². The lowest BCUT2D eigenvalue weighted by molar-refractivity contribution is 0.306. The maximum Gasteiger partial charge on any atom is 0.509 e. The van der Waals surface area contributed by atoms with Gasteiger partial charge in [0, 0.05) is 0 Å². The van der Waals surface area contributed by atoms with E-state index in [0.29, 0.717) is 0 Å². The molecule has 0 aliphatic rings. The Balaban J connectivity index is 2.10. The number of benzene rings is 2. The minimum absolute atomic E-state index is 0.0346. The van der Waals surface area contributed by atoms with E-state index in [4.69, 9.17) is 16.3 Å². The van der Waals surface area contributed by atoms with E-state index < -0.39 is 12.4 Å². The summed E-state index contributed by atoms with van der Waals surface area (Å²) in [6, 6.07) is 12.4. The van der Waals surface area contributed by atoms with Crippen molar-refractivity contribution in [3.05, 3.63) is 59.1 Å². The fourth-order valence-corrected chi connectivity index (χ4v) is 1.82. The molecule has 0 saturated carbocycles. The molecule has 0 heterocycles. The predicted molar refractivity (Wildman–Crippen MR) is 70.9 cm³/mol. The third-order valence-corrected chi connectivity index (χ3v) is 2.87. The number of hydrogen-bond donors (Lipinski definition) is 0. The van der Waals surface area contributed by atoms with Gasteiger partial charge in [0.2, 0.25) is 0 Å². The van der Waals surface area contributed by atoms with Gasteiger partial charge in [0.25, 0.3) is 0 Å². The van der Waals surface area contributed by atoms with Crippen molar-refractivity contribution in [2.45, 2.75) is 6.61 Å². The molecular formula is C13H10BClF3O-. The standard InChI is InChI=1S/C13H10BClF3O/c15-12-8-11(14(16,17)18)6-7-13(12)19-9-10-4-2-1-3-5-10/h1-8H,9H2/q-1. The summed E-state index contributed by atoms with van der Waals surface area (Å²) in [6.45, 7) is -4.78. The first-order valence-corrected chi connectivity index (χ1v) is 6.01. The normalized spacial score (nSPS) is 11.4. The summed E-state index contributed by atoms with van der Waals surface area (Å²) < 4.78 is 42.9. The van der Waals surface area contributed by atoms with Crippen LogP contribution in [0, 0.1) is 0 Å². The molecule has 6 heteroatoms. The molecule has 0 aliphatic heterocycles. The molecule has 0 amide bonds. The monoisotopic (exact) mass is 285 g/mol. The zero-order valence-electron chi connectivity index (χ0n) is 9.82. The van der Waals surface area contributed by atoms with Crippen molar-refractivity contribution >= 4 is 24.0 Å². The largest absolute Gasteiger partial charge is 0.509 e. The van der Waals surface area contributed by atoms with Gasteiger partial charge in [-0.3, -0.25) is 0 Å². The summed E-state index contributed by atoms with van der Waals surface area (Å²) in [5.41, 5.74) is 0.194. The van der Waals surface area contributed by atoms with Crippen LogP contribution >= 0.6 is 11.6 Å². The average molecular weight is 285 g/mol. The van der Waals surface area contributed by atoms with Gasteiger partial charge >= 0.3 is 6.98 Å². The summed E-state index contributed by atoms with van der Waals surface area (Å²) in [6.07, 6.45) is 0. The lowest BCUT2D eigenvalue weighted by atomic mass is 9.80. The Morgan fingerprint density at radius 1 is 1.00 bits per heavy atom. The van der Waals surface area contributed by atoms with Crippen molar-refractivity contribution in [2.24, 2.45) is 0 Å². The fourth-order valence-electron chi connectivity index (χ4n) is 1.57. The average Bonchev–Trinajstić information content (AvgIpc) is 2.37. The molecule has 0 unspecified atom stereocenters. The minimum atomic E-state index is -5.04. The maximum absolute atomic E-state index is 12.5. The van der Waals surface area contributed by atoms with Crippen molar-refractivity contribution in [2.75, 3.05) is 0 Å². The topological polar surface area (TPSA) is 9.23 Å². The molecule has 0 saturated heterocycles. The maximum atomic E-state index is 12.5. The molecule has 19 heavy (non-hydrogen) atoms. The van der Waals surface area contributed by atoms with Crippen LogP contribution in [0.15, 0.2) is 48.5 Å². The summed E-state index contributed by atoms with van der Waals surface area (Å²) >= 11 is 5.79. The van der Waals surface area contributed by atoms with E-state index in [1.54, 1.807) is 0 Å². The number of rotatable bonds is 4. The van der Waals surface area contributed by atoms with Crippen LogP contribution in [0.25, 0.3) is 0 Å². The smallest absolute Gasteiger partial charge is 0.487 e. The third kappa shape index (κ3) is 3.67. The predicted octanol–water partition coefficient (Wildman–Crippen LogP) is 3.97. The molecule has 0 atom stereocenters. The van der Waals surface area contributed by atoms with Crippen molar-refractivity contribution < 1.29 is 17.7 Å². The van der Waals surface area contributed by atoms with Crippen LogP contribution in [-0.4, -0.2) is 6.98 Å². The zero-order chi connectivity index (χ0) is 13.9. The Bertz CT molecular complexity index is 558. The second-order valence-electron chi connectivity index (χ2n) is 4.04. The number of halogens is 4. The highest BCUT2D eigenvalue weighted by Crippen LogP contribution is 2.25. The molecule has 0 radical (unpaired) electrons. The molecule has 2 aromatic rings. The van der Waals surface area contributed by atoms with Crippen LogP contribution in [-0.2, 0) is 6.61 Å². The minimum Gasteiger partial charge on any atom is -0.487 e. The van der Waals surface area contributed by atoms with Crippen molar-refractivity contribution in [1.29, 1.82) is 0 Å². The highest BCUT2D eigenvalue weighted by Gasteiger charge is 2.26. The Morgan fingerprint density at radius 2 is 1.68 bits per heavy atom. The zero-order valence-corrected chi connectivity index (χ0v) is 10.6. The Kier molecular flexibility index (Phi) is 4.05. The van der Waals surface area contributed by atoms with Gasteiger partial charge in [-0.2, -0.15) is 0 Å². The van der Waals surface area contributed by atoms with Gasteiger partial charge in [-0.15, -0.1) is 5.46 Å². The van der Waals surface area contributed by atoms with E-state index in [9.17, 15) is 12.9 Å². The molecule has 2 aromatic carbocycles. The number of ether oxygens (including phenoxy) is 1. The third-order valence-electron chi connectivity index (χ3n) is 2.57. The van der Waals surface area contributed by atoms with Gasteiger partial charge in [0.1, 0.15) is 12.4 Å². The van der Waals surface area contributed by atoms with Gasteiger partial charge in [-0.25, -0.2) is 0 Å². The van der Waals surface area contributed by atoms with E-state index in [2.05, 4.69) is 0 Å². The Labute approximate surface area is 114 Å². The highest BCUT2D eigenvalue weighted by molar-refractivity contribution is 6.73. The van der Waals surface area contributed by atoms with Crippen molar-refractivity contribution in [1.82, 2.24) is 0 Å². The first-order valence-electron chi connectivity index (χ1n) is 5.63. The van der Waals surface area contributed by atoms with Crippen molar-refractivity contribution in [3.8, 4) is 5.75 Å². The first-order chi connectivity index (χ1) is 8.97. The molecule has 0 bridgehead atoms. The summed E-state index contributed by atoms with van der Waals surface area (Å²) in [7, 11) is 0. The van der Waals surface area contributed by atoms with E-state index in [0.717, 1.165) is 17.7 Å². The molecule has 2 rings (SSSR count). The Morgan fingerprint density at radius 3 is 2.26 bits per heavy atom. The molecule has 100 valence electrons. The number of hydrogen-bond acceptors (Lipinski definition) is 1. The van der Waals surface area contributed by atoms with Gasteiger partial charge in [-0.1, -0.05) is 54.1 Å². The van der Waals surface area contributed by atoms with E-state index in [1.807, 2.05) is 30.3 Å². The molecule has 0 aromatic heterocycles. The Hall–Kier alpha value is -1.62. The summed E-state index contributed by atoms with van der Waals surface area (Å²) in [5, 5.41) is -0.0346.